The lowest BCUT2D eigenvalue weighted by molar-refractivity contribution is -0.197. The first-order valence-corrected chi connectivity index (χ1v) is 9.81. The van der Waals surface area contributed by atoms with E-state index in [2.05, 4.69) is 55.5 Å². The summed E-state index contributed by atoms with van der Waals surface area (Å²) in [6.07, 6.45) is 24.1. The molecule has 148 valence electrons. The lowest BCUT2D eigenvalue weighted by atomic mass is 10.2. The standard InChI is InChI=1S/C22H31NO4/c1-2-3-4-5-6-7-8-9-10-11-12-13-14-15-16-17-22(26)27-23-20(24)18-19-21(23)25/h3-4,6-7,9-10,12-13H,2,5,8,11,14-19H2,1H3/b4-3-,7-6-,10-9-,13-12-. The van der Waals surface area contributed by atoms with Crippen LogP contribution in [0.1, 0.15) is 71.1 Å². The number of nitrogens with zero attached hydrogens (tertiary/aromatic N) is 1. The number of hydrogen-bond acceptors (Lipinski definition) is 4. The summed E-state index contributed by atoms with van der Waals surface area (Å²) in [4.78, 5) is 39.1. The van der Waals surface area contributed by atoms with E-state index in [0.717, 1.165) is 38.5 Å². The van der Waals surface area contributed by atoms with E-state index in [4.69, 9.17) is 4.84 Å². The van der Waals surface area contributed by atoms with Crippen molar-refractivity contribution in [3.05, 3.63) is 48.6 Å². The van der Waals surface area contributed by atoms with Gasteiger partial charge in [0, 0.05) is 19.3 Å². The van der Waals surface area contributed by atoms with Crippen molar-refractivity contribution in [2.45, 2.75) is 71.1 Å². The normalized spacial score (nSPS) is 15.4. The molecule has 1 saturated heterocycles. The number of unbranched alkanes of at least 4 members (excludes halogenated alkanes) is 2. The minimum Gasteiger partial charge on any atom is -0.330 e. The van der Waals surface area contributed by atoms with Crippen molar-refractivity contribution in [3.63, 3.8) is 0 Å². The van der Waals surface area contributed by atoms with Gasteiger partial charge in [-0.2, -0.15) is 0 Å². The van der Waals surface area contributed by atoms with Crippen LogP contribution in [0.2, 0.25) is 0 Å². The summed E-state index contributed by atoms with van der Waals surface area (Å²) < 4.78 is 0. The van der Waals surface area contributed by atoms with Gasteiger partial charge >= 0.3 is 5.97 Å². The van der Waals surface area contributed by atoms with E-state index < -0.39 is 17.8 Å². The number of hydrogen-bond donors (Lipinski definition) is 0. The molecule has 2 amide bonds. The highest BCUT2D eigenvalue weighted by molar-refractivity contribution is 6.01. The highest BCUT2D eigenvalue weighted by Gasteiger charge is 2.32. The van der Waals surface area contributed by atoms with Gasteiger partial charge in [-0.1, -0.05) is 55.5 Å². The van der Waals surface area contributed by atoms with Crippen molar-refractivity contribution in [1.29, 1.82) is 0 Å². The zero-order chi connectivity index (χ0) is 19.7. The zero-order valence-electron chi connectivity index (χ0n) is 16.3. The van der Waals surface area contributed by atoms with E-state index in [9.17, 15) is 14.4 Å². The molecule has 5 heteroatoms. The van der Waals surface area contributed by atoms with Crippen LogP contribution >= 0.6 is 0 Å². The summed E-state index contributed by atoms with van der Waals surface area (Å²) in [6.45, 7) is 2.13. The lowest BCUT2D eigenvalue weighted by Crippen LogP contribution is -2.31. The van der Waals surface area contributed by atoms with E-state index in [-0.39, 0.29) is 19.3 Å². The molecular formula is C22H31NO4. The summed E-state index contributed by atoms with van der Waals surface area (Å²) >= 11 is 0. The van der Waals surface area contributed by atoms with Crippen molar-refractivity contribution in [3.8, 4) is 0 Å². The van der Waals surface area contributed by atoms with Crippen molar-refractivity contribution >= 4 is 17.8 Å². The van der Waals surface area contributed by atoms with Gasteiger partial charge in [-0.15, -0.1) is 5.06 Å². The van der Waals surface area contributed by atoms with Gasteiger partial charge in [0.15, 0.2) is 0 Å². The predicted molar refractivity (Wildman–Crippen MR) is 106 cm³/mol. The third-order valence-electron chi connectivity index (χ3n) is 3.92. The largest absolute Gasteiger partial charge is 0.333 e. The molecule has 0 N–H and O–H groups in total. The third kappa shape index (κ3) is 11.0. The second-order valence-corrected chi connectivity index (χ2v) is 6.29. The van der Waals surface area contributed by atoms with E-state index in [1.54, 1.807) is 0 Å². The van der Waals surface area contributed by atoms with E-state index in [1.165, 1.54) is 0 Å². The SMILES string of the molecule is CC/C=C\C/C=C\C/C=C\C/C=C\CCCCC(=O)ON1C(=O)CCC1=O. The Morgan fingerprint density at radius 3 is 1.93 bits per heavy atom. The van der Waals surface area contributed by atoms with Gasteiger partial charge < -0.3 is 4.84 Å². The Bertz CT molecular complexity index is 571. The second kappa shape index (κ2) is 14.7. The van der Waals surface area contributed by atoms with Crippen LogP contribution in [0.4, 0.5) is 0 Å². The molecule has 0 saturated carbocycles. The number of allylic oxidation sites excluding steroid dienone is 8. The van der Waals surface area contributed by atoms with Crippen LogP contribution in [0.15, 0.2) is 48.6 Å². The molecule has 1 fully saturated rings. The Labute approximate surface area is 162 Å². The number of rotatable bonds is 13. The van der Waals surface area contributed by atoms with E-state index in [1.807, 2.05) is 0 Å². The summed E-state index contributed by atoms with van der Waals surface area (Å²) in [5.74, 6) is -1.40. The molecule has 0 aliphatic carbocycles. The topological polar surface area (TPSA) is 63.7 Å². The van der Waals surface area contributed by atoms with Crippen LogP contribution in [-0.4, -0.2) is 22.8 Å². The van der Waals surface area contributed by atoms with Crippen molar-refractivity contribution in [1.82, 2.24) is 5.06 Å². The van der Waals surface area contributed by atoms with Crippen molar-refractivity contribution in [2.24, 2.45) is 0 Å². The first kappa shape index (κ1) is 22.6. The molecule has 0 unspecified atom stereocenters. The molecule has 1 aliphatic heterocycles. The average Bonchev–Trinajstić information content (AvgIpc) is 2.97. The minimum atomic E-state index is -0.524. The predicted octanol–water partition coefficient (Wildman–Crippen LogP) is 4.96. The molecule has 1 aliphatic rings. The van der Waals surface area contributed by atoms with Crippen LogP contribution in [0.25, 0.3) is 0 Å². The summed E-state index contributed by atoms with van der Waals surface area (Å²) in [7, 11) is 0. The Hall–Kier alpha value is -2.43. The fourth-order valence-electron chi connectivity index (χ4n) is 2.43. The Kier molecular flexibility index (Phi) is 12.3. The summed E-state index contributed by atoms with van der Waals surface area (Å²) in [6, 6.07) is 0. The Balaban J connectivity index is 1.99. The first-order valence-electron chi connectivity index (χ1n) is 9.81. The van der Waals surface area contributed by atoms with E-state index in [0.29, 0.717) is 11.5 Å². The molecule has 1 rings (SSSR count). The van der Waals surface area contributed by atoms with Crippen LogP contribution in [0.3, 0.4) is 0 Å². The Morgan fingerprint density at radius 2 is 1.37 bits per heavy atom. The van der Waals surface area contributed by atoms with Crippen molar-refractivity contribution < 1.29 is 19.2 Å². The maximum atomic E-state index is 11.6. The molecule has 0 bridgehead atoms. The van der Waals surface area contributed by atoms with Crippen LogP contribution < -0.4 is 0 Å². The average molecular weight is 373 g/mol. The molecule has 0 aromatic carbocycles. The minimum absolute atomic E-state index is 0.123. The van der Waals surface area contributed by atoms with Crippen LogP contribution in [0.5, 0.6) is 0 Å². The fraction of sp³-hybridized carbons (Fsp3) is 0.500. The highest BCUT2D eigenvalue weighted by atomic mass is 16.7. The zero-order valence-corrected chi connectivity index (χ0v) is 16.3. The quantitative estimate of drug-likeness (QED) is 0.260. The second-order valence-electron chi connectivity index (χ2n) is 6.29. The number of carbonyl (C=O) groups excluding carboxylic acids is 3. The smallest absolute Gasteiger partial charge is 0.330 e. The molecule has 5 nitrogen and oxygen atoms in total. The van der Waals surface area contributed by atoms with Gasteiger partial charge in [-0.05, 0) is 44.9 Å². The van der Waals surface area contributed by atoms with Crippen LogP contribution in [-0.2, 0) is 19.2 Å². The maximum absolute atomic E-state index is 11.6. The molecule has 0 aromatic heterocycles. The molecule has 0 atom stereocenters. The monoisotopic (exact) mass is 373 g/mol. The first-order chi connectivity index (χ1) is 13.1. The molecule has 0 aromatic rings. The molecule has 0 spiro atoms. The van der Waals surface area contributed by atoms with Gasteiger partial charge in [-0.3, -0.25) is 9.59 Å². The summed E-state index contributed by atoms with van der Waals surface area (Å²) in [5.41, 5.74) is 0. The number of imide groups is 1. The number of carbonyl (C=O) groups is 3. The van der Waals surface area contributed by atoms with E-state index >= 15 is 0 Å². The van der Waals surface area contributed by atoms with Gasteiger partial charge in [0.25, 0.3) is 11.8 Å². The lowest BCUT2D eigenvalue weighted by Gasteiger charge is -2.12. The van der Waals surface area contributed by atoms with Gasteiger partial charge in [0.2, 0.25) is 0 Å². The molecule has 1 heterocycles. The van der Waals surface area contributed by atoms with Gasteiger partial charge in [0.1, 0.15) is 0 Å². The molecule has 0 radical (unpaired) electrons. The fourth-order valence-corrected chi connectivity index (χ4v) is 2.43. The van der Waals surface area contributed by atoms with Gasteiger partial charge in [0.05, 0.1) is 0 Å². The summed E-state index contributed by atoms with van der Waals surface area (Å²) in [5, 5.41) is 0.603. The molecular weight excluding hydrogens is 342 g/mol. The molecule has 27 heavy (non-hydrogen) atoms. The van der Waals surface area contributed by atoms with Crippen molar-refractivity contribution in [2.75, 3.05) is 0 Å². The third-order valence-corrected chi connectivity index (χ3v) is 3.92. The van der Waals surface area contributed by atoms with Crippen LogP contribution in [0, 0.1) is 0 Å². The maximum Gasteiger partial charge on any atom is 0.333 e. The highest BCUT2D eigenvalue weighted by Crippen LogP contribution is 2.13. The number of amides is 2. The number of hydroxylamine groups is 2. The van der Waals surface area contributed by atoms with Gasteiger partial charge in [-0.25, -0.2) is 4.79 Å². The Morgan fingerprint density at radius 1 is 0.852 bits per heavy atom.